The van der Waals surface area contributed by atoms with Gasteiger partial charge in [-0.05, 0) is 19.1 Å². The Balaban J connectivity index is 2.73. The summed E-state index contributed by atoms with van der Waals surface area (Å²) < 4.78 is 21.9. The third-order valence-corrected chi connectivity index (χ3v) is 3.23. The van der Waals surface area contributed by atoms with Crippen molar-refractivity contribution in [1.29, 1.82) is 0 Å². The normalized spacial score (nSPS) is 11.0. The largest absolute Gasteiger partial charge is 0.325 e. The highest BCUT2D eigenvalue weighted by molar-refractivity contribution is 7.90. The van der Waals surface area contributed by atoms with Gasteiger partial charge in [-0.1, -0.05) is 12.1 Å². The summed E-state index contributed by atoms with van der Waals surface area (Å²) in [5.41, 5.74) is 0.814. The zero-order chi connectivity index (χ0) is 13.8. The van der Waals surface area contributed by atoms with Crippen LogP contribution >= 0.6 is 0 Å². The molecule has 6 heteroatoms. The molecule has 5 nitrogen and oxygen atoms in total. The van der Waals surface area contributed by atoms with Crippen molar-refractivity contribution in [3.05, 3.63) is 29.8 Å². The molecule has 0 atom stereocenters. The predicted octanol–water partition coefficient (Wildman–Crippen LogP) is 1.26. The predicted molar refractivity (Wildman–Crippen MR) is 69.4 cm³/mol. The number of carbonyl (C=O) groups excluding carboxylic acids is 2. The van der Waals surface area contributed by atoms with Crippen LogP contribution in [0.25, 0.3) is 0 Å². The molecule has 0 aromatic heterocycles. The van der Waals surface area contributed by atoms with Crippen molar-refractivity contribution in [3.8, 4) is 0 Å². The Morgan fingerprint density at radius 1 is 1.22 bits per heavy atom. The molecule has 0 aliphatic heterocycles. The van der Waals surface area contributed by atoms with Crippen LogP contribution in [0.3, 0.4) is 0 Å². The molecule has 0 saturated carbocycles. The molecule has 1 rings (SSSR count). The number of rotatable bonds is 5. The quantitative estimate of drug-likeness (QED) is 0.816. The summed E-state index contributed by atoms with van der Waals surface area (Å²) in [6, 6.07) is 6.60. The third kappa shape index (κ3) is 4.67. The van der Waals surface area contributed by atoms with Crippen LogP contribution in [0, 0.1) is 0 Å². The maximum absolute atomic E-state index is 11.5. The van der Waals surface area contributed by atoms with E-state index < -0.39 is 15.7 Å². The van der Waals surface area contributed by atoms with E-state index >= 15 is 0 Å². The van der Waals surface area contributed by atoms with E-state index in [0.717, 1.165) is 6.26 Å². The fourth-order valence-electron chi connectivity index (χ4n) is 1.39. The summed E-state index contributed by atoms with van der Waals surface area (Å²) in [6.45, 7) is 1.40. The number of sulfone groups is 1. The van der Waals surface area contributed by atoms with Gasteiger partial charge in [-0.15, -0.1) is 0 Å². The molecule has 0 aliphatic carbocycles. The molecule has 0 fully saturated rings. The number of amides is 1. The number of Topliss-reactive ketones (excluding diaryl/α,β-unsaturated/α-hetero) is 1. The lowest BCUT2D eigenvalue weighted by molar-refractivity contribution is -0.115. The lowest BCUT2D eigenvalue weighted by atomic mass is 10.1. The van der Waals surface area contributed by atoms with E-state index in [1.54, 1.807) is 24.3 Å². The number of anilines is 1. The van der Waals surface area contributed by atoms with Crippen LogP contribution in [-0.2, 0) is 14.6 Å². The molecule has 0 unspecified atom stereocenters. The molecule has 0 saturated heterocycles. The van der Waals surface area contributed by atoms with Gasteiger partial charge in [0.15, 0.2) is 5.78 Å². The van der Waals surface area contributed by atoms with E-state index in [2.05, 4.69) is 5.32 Å². The minimum atomic E-state index is -3.17. The first-order valence-corrected chi connectivity index (χ1v) is 7.43. The SMILES string of the molecule is CC(=O)c1ccccc1NC(=O)CCS(C)(=O)=O. The number of para-hydroxylation sites is 1. The van der Waals surface area contributed by atoms with E-state index in [9.17, 15) is 18.0 Å². The van der Waals surface area contributed by atoms with Gasteiger partial charge in [-0.3, -0.25) is 9.59 Å². The standard InChI is InChI=1S/C12H15NO4S/c1-9(14)10-5-3-4-6-11(10)13-12(15)7-8-18(2,16)17/h3-6H,7-8H2,1-2H3,(H,13,15). The van der Waals surface area contributed by atoms with Gasteiger partial charge in [0, 0.05) is 18.2 Å². The Labute approximate surface area is 106 Å². The molecule has 1 aromatic rings. The van der Waals surface area contributed by atoms with Crippen LogP contribution < -0.4 is 5.32 Å². The molecular formula is C12H15NO4S. The maximum atomic E-state index is 11.5. The highest BCUT2D eigenvalue weighted by atomic mass is 32.2. The van der Waals surface area contributed by atoms with Crippen LogP contribution in [0.4, 0.5) is 5.69 Å². The lowest BCUT2D eigenvalue weighted by Gasteiger charge is -2.08. The molecule has 1 amide bonds. The van der Waals surface area contributed by atoms with Gasteiger partial charge in [-0.25, -0.2) is 8.42 Å². The van der Waals surface area contributed by atoms with E-state index in [1.807, 2.05) is 0 Å². The molecule has 1 N–H and O–H groups in total. The number of hydrogen-bond donors (Lipinski definition) is 1. The Morgan fingerprint density at radius 3 is 2.39 bits per heavy atom. The summed E-state index contributed by atoms with van der Waals surface area (Å²) >= 11 is 0. The molecule has 0 aliphatic rings. The number of carbonyl (C=O) groups is 2. The van der Waals surface area contributed by atoms with Crippen LogP contribution in [0.2, 0.25) is 0 Å². The fraction of sp³-hybridized carbons (Fsp3) is 0.333. The Kier molecular flexibility index (Phi) is 4.61. The van der Waals surface area contributed by atoms with Gasteiger partial charge in [0.25, 0.3) is 0 Å². The van der Waals surface area contributed by atoms with Gasteiger partial charge in [0.1, 0.15) is 9.84 Å². The summed E-state index contributed by atoms with van der Waals surface area (Å²) in [4.78, 5) is 22.9. The van der Waals surface area contributed by atoms with Crippen LogP contribution in [0.15, 0.2) is 24.3 Å². The number of benzene rings is 1. The molecule has 0 radical (unpaired) electrons. The number of ketones is 1. The first-order chi connectivity index (χ1) is 8.29. The van der Waals surface area contributed by atoms with E-state index in [1.165, 1.54) is 6.92 Å². The van der Waals surface area contributed by atoms with Crippen molar-refractivity contribution in [3.63, 3.8) is 0 Å². The summed E-state index contributed by atoms with van der Waals surface area (Å²) in [5, 5.41) is 2.54. The molecule has 98 valence electrons. The highest BCUT2D eigenvalue weighted by Crippen LogP contribution is 2.15. The molecule has 0 spiro atoms. The van der Waals surface area contributed by atoms with Crippen molar-refractivity contribution in [2.24, 2.45) is 0 Å². The fourth-order valence-corrected chi connectivity index (χ4v) is 1.95. The van der Waals surface area contributed by atoms with Crippen molar-refractivity contribution >= 4 is 27.2 Å². The van der Waals surface area contributed by atoms with Crippen molar-refractivity contribution < 1.29 is 18.0 Å². The molecule has 1 aromatic carbocycles. The van der Waals surface area contributed by atoms with Gasteiger partial charge >= 0.3 is 0 Å². The monoisotopic (exact) mass is 269 g/mol. The average molecular weight is 269 g/mol. The molecule has 0 bridgehead atoms. The first-order valence-electron chi connectivity index (χ1n) is 5.37. The summed E-state index contributed by atoms with van der Waals surface area (Å²) in [5.74, 6) is -0.788. The molecule has 18 heavy (non-hydrogen) atoms. The van der Waals surface area contributed by atoms with Crippen LogP contribution in [0.1, 0.15) is 23.7 Å². The van der Waals surface area contributed by atoms with E-state index in [0.29, 0.717) is 11.3 Å². The van der Waals surface area contributed by atoms with Crippen molar-refractivity contribution in [2.75, 3.05) is 17.3 Å². The van der Waals surface area contributed by atoms with Gasteiger partial charge in [-0.2, -0.15) is 0 Å². The minimum absolute atomic E-state index is 0.120. The smallest absolute Gasteiger partial charge is 0.225 e. The zero-order valence-corrected chi connectivity index (χ0v) is 11.1. The highest BCUT2D eigenvalue weighted by Gasteiger charge is 2.11. The topological polar surface area (TPSA) is 80.3 Å². The first kappa shape index (κ1) is 14.4. The Bertz CT molecular complexity index is 563. The summed E-state index contributed by atoms with van der Waals surface area (Å²) in [6.07, 6.45) is 0.953. The lowest BCUT2D eigenvalue weighted by Crippen LogP contribution is -2.17. The Hall–Kier alpha value is -1.69. The van der Waals surface area contributed by atoms with Crippen LogP contribution in [0.5, 0.6) is 0 Å². The zero-order valence-electron chi connectivity index (χ0n) is 10.3. The van der Waals surface area contributed by atoms with Gasteiger partial charge in [0.05, 0.1) is 11.4 Å². The van der Waals surface area contributed by atoms with Crippen LogP contribution in [-0.4, -0.2) is 32.1 Å². The van der Waals surface area contributed by atoms with Crippen molar-refractivity contribution in [2.45, 2.75) is 13.3 Å². The minimum Gasteiger partial charge on any atom is -0.325 e. The van der Waals surface area contributed by atoms with E-state index in [-0.39, 0.29) is 18.0 Å². The van der Waals surface area contributed by atoms with Gasteiger partial charge in [0.2, 0.25) is 5.91 Å². The summed E-state index contributed by atoms with van der Waals surface area (Å²) in [7, 11) is -3.17. The molecule has 0 heterocycles. The van der Waals surface area contributed by atoms with E-state index in [4.69, 9.17) is 0 Å². The second-order valence-corrected chi connectivity index (χ2v) is 6.29. The molecular weight excluding hydrogens is 254 g/mol. The average Bonchev–Trinajstić information content (AvgIpc) is 2.26. The van der Waals surface area contributed by atoms with Crippen molar-refractivity contribution in [1.82, 2.24) is 0 Å². The second-order valence-electron chi connectivity index (χ2n) is 4.03. The van der Waals surface area contributed by atoms with Gasteiger partial charge < -0.3 is 5.32 Å². The number of hydrogen-bond acceptors (Lipinski definition) is 4. The Morgan fingerprint density at radius 2 is 1.83 bits per heavy atom. The maximum Gasteiger partial charge on any atom is 0.225 e. The second kappa shape index (κ2) is 5.77. The number of nitrogens with one attached hydrogen (secondary N) is 1. The third-order valence-electron chi connectivity index (χ3n) is 2.28.